The van der Waals surface area contributed by atoms with E-state index in [9.17, 15) is 9.59 Å². The highest BCUT2D eigenvalue weighted by Gasteiger charge is 2.34. The highest BCUT2D eigenvalue weighted by molar-refractivity contribution is 5.89. The SMILES string of the molecule is CCCc1ccc(NC(=O)NC2CCC([C@H](N)C(=O)N(C)C3CCC3)CC2)cc1. The number of urea groups is 1. The summed E-state index contributed by atoms with van der Waals surface area (Å²) in [5.74, 6) is 0.285. The molecule has 0 unspecified atom stereocenters. The molecule has 0 saturated heterocycles. The maximum absolute atomic E-state index is 12.6. The zero-order valence-corrected chi connectivity index (χ0v) is 17.8. The molecule has 3 amide bonds. The summed E-state index contributed by atoms with van der Waals surface area (Å²) in [6, 6.07) is 7.95. The molecule has 6 heteroatoms. The number of carbonyl (C=O) groups excluding carboxylic acids is 2. The minimum atomic E-state index is -0.419. The van der Waals surface area contributed by atoms with Gasteiger partial charge in [-0.2, -0.15) is 0 Å². The van der Waals surface area contributed by atoms with Gasteiger partial charge in [0.2, 0.25) is 5.91 Å². The summed E-state index contributed by atoms with van der Waals surface area (Å²) in [5.41, 5.74) is 8.39. The molecular formula is C23H36N4O2. The lowest BCUT2D eigenvalue weighted by Gasteiger charge is -2.38. The molecule has 0 aliphatic heterocycles. The van der Waals surface area contributed by atoms with Crippen molar-refractivity contribution in [1.29, 1.82) is 0 Å². The summed E-state index contributed by atoms with van der Waals surface area (Å²) in [4.78, 5) is 26.8. The monoisotopic (exact) mass is 400 g/mol. The Hall–Kier alpha value is -2.08. The number of hydrogen-bond donors (Lipinski definition) is 3. The second kappa shape index (κ2) is 10.1. The van der Waals surface area contributed by atoms with Crippen molar-refractivity contribution in [2.75, 3.05) is 12.4 Å². The maximum Gasteiger partial charge on any atom is 0.319 e. The van der Waals surface area contributed by atoms with E-state index in [0.29, 0.717) is 6.04 Å². The lowest BCUT2D eigenvalue weighted by atomic mass is 9.81. The number of nitrogens with two attached hydrogens (primary N) is 1. The van der Waals surface area contributed by atoms with Crippen LogP contribution in [0.15, 0.2) is 24.3 Å². The van der Waals surface area contributed by atoms with Gasteiger partial charge < -0.3 is 21.3 Å². The van der Waals surface area contributed by atoms with Gasteiger partial charge in [0.05, 0.1) is 6.04 Å². The molecule has 6 nitrogen and oxygen atoms in total. The minimum absolute atomic E-state index is 0.0790. The van der Waals surface area contributed by atoms with Crippen molar-refractivity contribution in [3.05, 3.63) is 29.8 Å². The molecular weight excluding hydrogens is 364 g/mol. The van der Waals surface area contributed by atoms with Gasteiger partial charge in [0.15, 0.2) is 0 Å². The van der Waals surface area contributed by atoms with E-state index in [1.54, 1.807) is 0 Å². The van der Waals surface area contributed by atoms with Crippen molar-refractivity contribution < 1.29 is 9.59 Å². The summed E-state index contributed by atoms with van der Waals surface area (Å²) >= 11 is 0. The van der Waals surface area contributed by atoms with E-state index >= 15 is 0 Å². The predicted molar refractivity (Wildman–Crippen MR) is 117 cm³/mol. The van der Waals surface area contributed by atoms with E-state index in [1.165, 1.54) is 12.0 Å². The van der Waals surface area contributed by atoms with Crippen LogP contribution in [0.5, 0.6) is 0 Å². The van der Waals surface area contributed by atoms with E-state index in [0.717, 1.165) is 57.1 Å². The third-order valence-electron chi connectivity index (χ3n) is 6.62. The number of aryl methyl sites for hydroxylation is 1. The molecule has 160 valence electrons. The molecule has 1 aromatic rings. The van der Waals surface area contributed by atoms with Crippen molar-refractivity contribution in [2.45, 2.75) is 82.8 Å². The molecule has 1 aromatic carbocycles. The van der Waals surface area contributed by atoms with Crippen LogP contribution in [0.3, 0.4) is 0 Å². The quantitative estimate of drug-likeness (QED) is 0.653. The largest absolute Gasteiger partial charge is 0.341 e. The first-order valence-electron chi connectivity index (χ1n) is 11.2. The molecule has 2 aliphatic carbocycles. The van der Waals surface area contributed by atoms with Gasteiger partial charge in [0.1, 0.15) is 0 Å². The summed E-state index contributed by atoms with van der Waals surface area (Å²) in [6.07, 6.45) is 9.05. The molecule has 29 heavy (non-hydrogen) atoms. The molecule has 2 aliphatic rings. The Morgan fingerprint density at radius 1 is 1.10 bits per heavy atom. The fourth-order valence-electron chi connectivity index (χ4n) is 4.41. The van der Waals surface area contributed by atoms with Crippen molar-refractivity contribution in [1.82, 2.24) is 10.2 Å². The number of benzene rings is 1. The Morgan fingerprint density at radius 3 is 2.31 bits per heavy atom. The van der Waals surface area contributed by atoms with E-state index in [2.05, 4.69) is 29.7 Å². The number of likely N-dealkylation sites (N-methyl/N-ethyl adjacent to an activating group) is 1. The van der Waals surface area contributed by atoms with E-state index in [4.69, 9.17) is 5.73 Å². The van der Waals surface area contributed by atoms with Gasteiger partial charge in [-0.15, -0.1) is 0 Å². The van der Waals surface area contributed by atoms with Crippen LogP contribution in [-0.4, -0.2) is 42.0 Å². The predicted octanol–water partition coefficient (Wildman–Crippen LogP) is 3.66. The molecule has 0 radical (unpaired) electrons. The average molecular weight is 401 g/mol. The molecule has 3 rings (SSSR count). The molecule has 2 fully saturated rings. The average Bonchev–Trinajstić information content (AvgIpc) is 2.67. The molecule has 0 aromatic heterocycles. The Kier molecular flexibility index (Phi) is 7.53. The lowest BCUT2D eigenvalue weighted by Crippen LogP contribution is -2.52. The minimum Gasteiger partial charge on any atom is -0.341 e. The Morgan fingerprint density at radius 2 is 1.76 bits per heavy atom. The van der Waals surface area contributed by atoms with Crippen molar-refractivity contribution >= 4 is 17.6 Å². The smallest absolute Gasteiger partial charge is 0.319 e. The van der Waals surface area contributed by atoms with Gasteiger partial charge >= 0.3 is 6.03 Å². The number of nitrogens with one attached hydrogen (secondary N) is 2. The Balaban J connectivity index is 1.40. The zero-order valence-electron chi connectivity index (χ0n) is 17.8. The standard InChI is InChI=1S/C23H36N4O2/c1-3-5-16-8-12-18(13-9-16)25-23(29)26-19-14-10-17(11-15-19)21(24)22(28)27(2)20-6-4-7-20/h8-9,12-13,17,19-21H,3-7,10-11,14-15,24H2,1-2H3,(H2,25,26,29)/t17?,19?,21-/m0/s1. The van der Waals surface area contributed by atoms with Crippen LogP contribution in [0, 0.1) is 5.92 Å². The first-order chi connectivity index (χ1) is 14.0. The first-order valence-corrected chi connectivity index (χ1v) is 11.2. The number of anilines is 1. The van der Waals surface area contributed by atoms with Gasteiger partial charge in [-0.1, -0.05) is 25.5 Å². The van der Waals surface area contributed by atoms with Gasteiger partial charge in [0.25, 0.3) is 0 Å². The number of carbonyl (C=O) groups is 2. The molecule has 4 N–H and O–H groups in total. The first kappa shape index (κ1) is 21.6. The van der Waals surface area contributed by atoms with E-state index in [1.807, 2.05) is 24.1 Å². The fourth-order valence-corrected chi connectivity index (χ4v) is 4.41. The Bertz CT molecular complexity index is 679. The zero-order chi connectivity index (χ0) is 20.8. The van der Waals surface area contributed by atoms with Gasteiger partial charge in [-0.05, 0) is 75.0 Å². The second-order valence-corrected chi connectivity index (χ2v) is 8.72. The topological polar surface area (TPSA) is 87.5 Å². The highest BCUT2D eigenvalue weighted by Crippen LogP contribution is 2.29. The van der Waals surface area contributed by atoms with Crippen molar-refractivity contribution in [3.63, 3.8) is 0 Å². The molecule has 0 spiro atoms. The summed E-state index contributed by atoms with van der Waals surface area (Å²) in [7, 11) is 1.89. The van der Waals surface area contributed by atoms with Crippen LogP contribution < -0.4 is 16.4 Å². The van der Waals surface area contributed by atoms with E-state index < -0.39 is 6.04 Å². The van der Waals surface area contributed by atoms with Crippen LogP contribution in [0.25, 0.3) is 0 Å². The van der Waals surface area contributed by atoms with Crippen molar-refractivity contribution in [2.24, 2.45) is 11.7 Å². The van der Waals surface area contributed by atoms with Gasteiger partial charge in [0, 0.05) is 24.8 Å². The summed E-state index contributed by atoms with van der Waals surface area (Å²) < 4.78 is 0. The molecule has 2 saturated carbocycles. The number of amides is 3. The lowest BCUT2D eigenvalue weighted by molar-refractivity contribution is -0.136. The third kappa shape index (κ3) is 5.72. The highest BCUT2D eigenvalue weighted by atomic mass is 16.2. The van der Waals surface area contributed by atoms with Gasteiger partial charge in [-0.25, -0.2) is 4.79 Å². The summed E-state index contributed by atoms with van der Waals surface area (Å²) in [6.45, 7) is 2.16. The normalized spacial score (nSPS) is 23.0. The van der Waals surface area contributed by atoms with Crippen LogP contribution in [0.1, 0.15) is 63.9 Å². The molecule has 0 heterocycles. The third-order valence-corrected chi connectivity index (χ3v) is 6.62. The molecule has 0 bridgehead atoms. The second-order valence-electron chi connectivity index (χ2n) is 8.72. The van der Waals surface area contributed by atoms with E-state index in [-0.39, 0.29) is 23.9 Å². The van der Waals surface area contributed by atoms with Crippen LogP contribution in [0.4, 0.5) is 10.5 Å². The van der Waals surface area contributed by atoms with Gasteiger partial charge in [-0.3, -0.25) is 4.79 Å². The van der Waals surface area contributed by atoms with Crippen LogP contribution in [0.2, 0.25) is 0 Å². The maximum atomic E-state index is 12.6. The summed E-state index contributed by atoms with van der Waals surface area (Å²) in [5, 5.41) is 5.98. The number of rotatable bonds is 7. The number of nitrogens with zero attached hydrogens (tertiary/aromatic N) is 1. The van der Waals surface area contributed by atoms with Crippen LogP contribution >= 0.6 is 0 Å². The van der Waals surface area contributed by atoms with Crippen molar-refractivity contribution in [3.8, 4) is 0 Å². The molecule has 1 atom stereocenters. The fraction of sp³-hybridized carbons (Fsp3) is 0.652. The Labute approximate surface area is 174 Å². The van der Waals surface area contributed by atoms with Crippen LogP contribution in [-0.2, 0) is 11.2 Å². The number of hydrogen-bond acceptors (Lipinski definition) is 3.